The fourth-order valence-electron chi connectivity index (χ4n) is 2.79. The molecule has 1 heterocycles. The molecule has 0 aliphatic carbocycles. The number of β-amino-alcohol motifs (C(OH)–C–C–N with tert-alkyl or cyclic N) is 1. The van der Waals surface area contributed by atoms with Crippen LogP contribution in [-0.4, -0.2) is 72.4 Å². The van der Waals surface area contributed by atoms with E-state index < -0.39 is 6.10 Å². The van der Waals surface area contributed by atoms with Gasteiger partial charge in [-0.15, -0.1) is 0 Å². The number of aliphatic hydroxyl groups excluding tert-OH is 1. The Labute approximate surface area is 143 Å². The molecular weight excluding hydrogens is 311 g/mol. The second-order valence-electron chi connectivity index (χ2n) is 6.49. The molecule has 0 bridgehead atoms. The van der Waals surface area contributed by atoms with Crippen molar-refractivity contribution in [3.05, 3.63) is 35.6 Å². The lowest BCUT2D eigenvalue weighted by Crippen LogP contribution is -2.39. The second-order valence-corrected chi connectivity index (χ2v) is 6.49. The lowest BCUT2D eigenvalue weighted by molar-refractivity contribution is -0.00794. The van der Waals surface area contributed by atoms with E-state index in [-0.39, 0.29) is 17.8 Å². The maximum Gasteiger partial charge on any atom is 0.253 e. The number of hydrogen-bond acceptors (Lipinski definition) is 4. The van der Waals surface area contributed by atoms with Crippen LogP contribution in [-0.2, 0) is 4.74 Å². The van der Waals surface area contributed by atoms with E-state index in [2.05, 4.69) is 4.90 Å². The van der Waals surface area contributed by atoms with Crippen LogP contribution in [0.25, 0.3) is 0 Å². The molecule has 1 unspecified atom stereocenters. The number of amides is 1. The number of nitrogens with zero attached hydrogens (tertiary/aromatic N) is 2. The van der Waals surface area contributed by atoms with Crippen molar-refractivity contribution in [1.29, 1.82) is 0 Å². The highest BCUT2D eigenvalue weighted by Gasteiger charge is 2.21. The van der Waals surface area contributed by atoms with Gasteiger partial charge in [-0.05, 0) is 51.1 Å². The second kappa shape index (κ2) is 9.11. The predicted molar refractivity (Wildman–Crippen MR) is 90.5 cm³/mol. The van der Waals surface area contributed by atoms with Crippen LogP contribution in [0.1, 0.15) is 30.6 Å². The van der Waals surface area contributed by atoms with E-state index in [1.54, 1.807) is 4.90 Å². The van der Waals surface area contributed by atoms with Gasteiger partial charge < -0.3 is 14.7 Å². The van der Waals surface area contributed by atoms with Gasteiger partial charge in [0.25, 0.3) is 5.91 Å². The van der Waals surface area contributed by atoms with Crippen LogP contribution in [0.2, 0.25) is 0 Å². The molecule has 134 valence electrons. The molecule has 0 saturated carbocycles. The molecule has 1 aliphatic heterocycles. The molecule has 1 aromatic carbocycles. The van der Waals surface area contributed by atoms with E-state index in [0.717, 1.165) is 13.0 Å². The van der Waals surface area contributed by atoms with Crippen molar-refractivity contribution in [3.8, 4) is 0 Å². The molecule has 1 atom stereocenters. The first-order valence-corrected chi connectivity index (χ1v) is 8.52. The van der Waals surface area contributed by atoms with E-state index >= 15 is 0 Å². The minimum atomic E-state index is -0.522. The van der Waals surface area contributed by atoms with Crippen LogP contribution in [0, 0.1) is 5.82 Å². The Morgan fingerprint density at radius 2 is 1.92 bits per heavy atom. The van der Waals surface area contributed by atoms with Crippen LogP contribution in [0.4, 0.5) is 4.39 Å². The van der Waals surface area contributed by atoms with Gasteiger partial charge in [0.2, 0.25) is 0 Å². The molecule has 24 heavy (non-hydrogen) atoms. The van der Waals surface area contributed by atoms with Gasteiger partial charge in [-0.1, -0.05) is 0 Å². The lowest BCUT2D eigenvalue weighted by Gasteiger charge is -2.24. The number of ether oxygens (including phenoxy) is 1. The normalized spacial score (nSPS) is 17.8. The van der Waals surface area contributed by atoms with E-state index in [9.17, 15) is 14.3 Å². The number of carbonyl (C=O) groups excluding carboxylic acids is 1. The number of rotatable bonds is 6. The first-order chi connectivity index (χ1) is 11.5. The zero-order valence-electron chi connectivity index (χ0n) is 14.4. The molecule has 2 rings (SSSR count). The van der Waals surface area contributed by atoms with Crippen molar-refractivity contribution in [2.75, 3.05) is 39.3 Å². The molecule has 0 radical (unpaired) electrons. The van der Waals surface area contributed by atoms with Crippen molar-refractivity contribution in [2.24, 2.45) is 0 Å². The van der Waals surface area contributed by atoms with Crippen molar-refractivity contribution in [1.82, 2.24) is 9.80 Å². The predicted octanol–water partition coefficient (Wildman–Crippen LogP) is 1.76. The summed E-state index contributed by atoms with van der Waals surface area (Å²) in [7, 11) is 0. The fourth-order valence-corrected chi connectivity index (χ4v) is 2.79. The molecule has 6 heteroatoms. The number of carbonyl (C=O) groups is 1. The Morgan fingerprint density at radius 3 is 2.58 bits per heavy atom. The summed E-state index contributed by atoms with van der Waals surface area (Å²) in [4.78, 5) is 16.4. The molecule has 1 aliphatic rings. The summed E-state index contributed by atoms with van der Waals surface area (Å²) in [5.41, 5.74) is 0.509. The third-order valence-electron chi connectivity index (χ3n) is 4.06. The Hall–Kier alpha value is -1.50. The Kier molecular flexibility index (Phi) is 7.15. The summed E-state index contributed by atoms with van der Waals surface area (Å²) in [5, 5.41) is 10.0. The summed E-state index contributed by atoms with van der Waals surface area (Å²) < 4.78 is 18.4. The van der Waals surface area contributed by atoms with Crippen LogP contribution in [0.15, 0.2) is 24.3 Å². The molecule has 1 aromatic rings. The van der Waals surface area contributed by atoms with Crippen molar-refractivity contribution < 1.29 is 19.0 Å². The number of aliphatic hydroxyl groups is 1. The summed E-state index contributed by atoms with van der Waals surface area (Å²) in [6.45, 7) is 7.59. The van der Waals surface area contributed by atoms with Crippen molar-refractivity contribution >= 4 is 5.91 Å². The maximum absolute atomic E-state index is 13.0. The lowest BCUT2D eigenvalue weighted by atomic mass is 10.2. The topological polar surface area (TPSA) is 53.0 Å². The molecule has 1 N–H and O–H groups in total. The third-order valence-corrected chi connectivity index (χ3v) is 4.06. The van der Waals surface area contributed by atoms with Gasteiger partial charge in [0.1, 0.15) is 5.82 Å². The van der Waals surface area contributed by atoms with Gasteiger partial charge in [0.15, 0.2) is 0 Å². The average molecular weight is 338 g/mol. The van der Waals surface area contributed by atoms with E-state index in [1.807, 2.05) is 13.8 Å². The van der Waals surface area contributed by atoms with Crippen molar-refractivity contribution in [3.63, 3.8) is 0 Å². The van der Waals surface area contributed by atoms with E-state index in [4.69, 9.17) is 4.74 Å². The molecule has 1 saturated heterocycles. The smallest absolute Gasteiger partial charge is 0.253 e. The van der Waals surface area contributed by atoms with Crippen LogP contribution in [0.5, 0.6) is 0 Å². The molecule has 0 aromatic heterocycles. The van der Waals surface area contributed by atoms with E-state index in [0.29, 0.717) is 38.3 Å². The quantitative estimate of drug-likeness (QED) is 0.859. The summed E-state index contributed by atoms with van der Waals surface area (Å²) in [6.07, 6.45) is 0.435. The maximum atomic E-state index is 13.0. The molecule has 1 fully saturated rings. The fraction of sp³-hybridized carbons (Fsp3) is 0.611. The SMILES string of the molecule is CC(C)OCC(O)CN1CCCN(C(=O)c2ccc(F)cc2)CC1. The van der Waals surface area contributed by atoms with Crippen LogP contribution >= 0.6 is 0 Å². The van der Waals surface area contributed by atoms with Gasteiger partial charge in [0, 0.05) is 31.7 Å². The Bertz CT molecular complexity index is 522. The van der Waals surface area contributed by atoms with Gasteiger partial charge in [-0.3, -0.25) is 9.69 Å². The van der Waals surface area contributed by atoms with E-state index in [1.165, 1.54) is 24.3 Å². The standard InChI is InChI=1S/C18H27FN2O3/c1-14(2)24-13-17(22)12-20-8-3-9-21(11-10-20)18(23)15-4-6-16(19)7-5-15/h4-7,14,17,22H,3,8-13H2,1-2H3. The highest BCUT2D eigenvalue weighted by Crippen LogP contribution is 2.11. The van der Waals surface area contributed by atoms with Crippen LogP contribution in [0.3, 0.4) is 0 Å². The zero-order valence-corrected chi connectivity index (χ0v) is 14.4. The van der Waals surface area contributed by atoms with Gasteiger partial charge in [0.05, 0.1) is 18.8 Å². The highest BCUT2D eigenvalue weighted by molar-refractivity contribution is 5.94. The largest absolute Gasteiger partial charge is 0.389 e. The number of hydrogen-bond donors (Lipinski definition) is 1. The first-order valence-electron chi connectivity index (χ1n) is 8.52. The number of benzene rings is 1. The number of halogens is 1. The summed E-state index contributed by atoms with van der Waals surface area (Å²) >= 11 is 0. The highest BCUT2D eigenvalue weighted by atomic mass is 19.1. The average Bonchev–Trinajstić information content (AvgIpc) is 2.78. The minimum absolute atomic E-state index is 0.0689. The zero-order chi connectivity index (χ0) is 17.5. The Morgan fingerprint density at radius 1 is 1.21 bits per heavy atom. The van der Waals surface area contributed by atoms with Gasteiger partial charge in [-0.2, -0.15) is 0 Å². The molecular formula is C18H27FN2O3. The first kappa shape index (κ1) is 18.8. The molecule has 1 amide bonds. The minimum Gasteiger partial charge on any atom is -0.389 e. The molecule has 0 spiro atoms. The Balaban J connectivity index is 1.83. The summed E-state index contributed by atoms with van der Waals surface area (Å²) in [5.74, 6) is -0.410. The van der Waals surface area contributed by atoms with Gasteiger partial charge in [-0.25, -0.2) is 4.39 Å². The third kappa shape index (κ3) is 5.85. The van der Waals surface area contributed by atoms with Gasteiger partial charge >= 0.3 is 0 Å². The molecule has 5 nitrogen and oxygen atoms in total. The van der Waals surface area contributed by atoms with Crippen molar-refractivity contribution in [2.45, 2.75) is 32.5 Å². The van der Waals surface area contributed by atoms with Crippen LogP contribution < -0.4 is 0 Å². The monoisotopic (exact) mass is 338 g/mol. The summed E-state index contributed by atoms with van der Waals surface area (Å²) in [6, 6.07) is 5.66.